The molecule has 0 aromatic carbocycles. The summed E-state index contributed by atoms with van der Waals surface area (Å²) in [5, 5.41) is 7.24. The lowest BCUT2D eigenvalue weighted by molar-refractivity contribution is 0.0446. The van der Waals surface area contributed by atoms with E-state index in [1.165, 1.54) is 0 Å². The smallest absolute Gasteiger partial charge is 0.321 e. The van der Waals surface area contributed by atoms with Gasteiger partial charge in [0, 0.05) is 32.4 Å². The van der Waals surface area contributed by atoms with Gasteiger partial charge in [0.25, 0.3) is 0 Å². The zero-order chi connectivity index (χ0) is 16.7. The molecular weight excluding hydrogens is 292 g/mol. The van der Waals surface area contributed by atoms with E-state index in [1.807, 2.05) is 15.8 Å². The predicted molar refractivity (Wildman–Crippen MR) is 91.5 cm³/mol. The number of urea groups is 1. The second kappa shape index (κ2) is 8.91. The molecular formula is C17H30N4O2. The van der Waals surface area contributed by atoms with Gasteiger partial charge in [0.2, 0.25) is 0 Å². The number of likely N-dealkylation sites (tertiary alicyclic amines) is 1. The number of ether oxygens (including phenoxy) is 1. The fraction of sp³-hybridized carbons (Fsp3) is 0.765. The highest BCUT2D eigenvalue weighted by Crippen LogP contribution is 2.16. The Balaban J connectivity index is 1.82. The topological polar surface area (TPSA) is 59.4 Å². The lowest BCUT2D eigenvalue weighted by Crippen LogP contribution is -2.35. The number of hydrogen-bond donors (Lipinski definition) is 1. The number of carbonyl (C=O) groups excluding carboxylic acids is 1. The first kappa shape index (κ1) is 17.8. The van der Waals surface area contributed by atoms with Crippen LogP contribution in [0.2, 0.25) is 0 Å². The van der Waals surface area contributed by atoms with Gasteiger partial charge in [0.05, 0.1) is 18.0 Å². The van der Waals surface area contributed by atoms with Crippen molar-refractivity contribution >= 4 is 11.7 Å². The van der Waals surface area contributed by atoms with E-state index >= 15 is 0 Å². The molecule has 1 atom stereocenters. The van der Waals surface area contributed by atoms with Gasteiger partial charge < -0.3 is 15.0 Å². The van der Waals surface area contributed by atoms with E-state index in [9.17, 15) is 4.79 Å². The van der Waals surface area contributed by atoms with E-state index in [4.69, 9.17) is 4.74 Å². The van der Waals surface area contributed by atoms with Crippen LogP contribution in [0.1, 0.15) is 46.5 Å². The molecule has 130 valence electrons. The molecule has 6 heteroatoms. The number of aromatic nitrogens is 2. The maximum Gasteiger partial charge on any atom is 0.321 e. The van der Waals surface area contributed by atoms with Crippen LogP contribution in [0.3, 0.4) is 0 Å². The molecule has 1 aromatic heterocycles. The Labute approximate surface area is 139 Å². The Bertz CT molecular complexity index is 487. The maximum absolute atomic E-state index is 12.4. The fourth-order valence-electron chi connectivity index (χ4n) is 2.82. The van der Waals surface area contributed by atoms with Gasteiger partial charge >= 0.3 is 6.03 Å². The number of rotatable bonds is 6. The van der Waals surface area contributed by atoms with Crippen LogP contribution in [0.4, 0.5) is 10.5 Å². The molecule has 2 amide bonds. The van der Waals surface area contributed by atoms with Crippen molar-refractivity contribution in [2.24, 2.45) is 5.92 Å². The summed E-state index contributed by atoms with van der Waals surface area (Å²) in [5.74, 6) is 0.532. The molecule has 1 N–H and O–H groups in total. The molecule has 2 rings (SSSR count). The number of amides is 2. The molecule has 1 aromatic rings. The standard InChI is InChI=1S/C17H30N4O2/c1-4-10-23-16-6-5-8-20(9-7-16)17(22)19-15-11-18-21(13-15)12-14(2)3/h11,13-14,16H,4-10,12H2,1-3H3,(H,19,22)/t16-/m1/s1. The average Bonchev–Trinajstić information content (AvgIpc) is 2.80. The summed E-state index contributed by atoms with van der Waals surface area (Å²) in [6.07, 6.45) is 7.89. The van der Waals surface area contributed by atoms with Gasteiger partial charge in [-0.1, -0.05) is 20.8 Å². The minimum absolute atomic E-state index is 0.0368. The minimum atomic E-state index is -0.0368. The number of carbonyl (C=O) groups is 1. The average molecular weight is 322 g/mol. The second-order valence-corrected chi connectivity index (χ2v) is 6.69. The zero-order valence-corrected chi connectivity index (χ0v) is 14.6. The van der Waals surface area contributed by atoms with Gasteiger partial charge in [-0.2, -0.15) is 5.10 Å². The van der Waals surface area contributed by atoms with Gasteiger partial charge in [0.15, 0.2) is 0 Å². The van der Waals surface area contributed by atoms with Gasteiger partial charge in [-0.15, -0.1) is 0 Å². The van der Waals surface area contributed by atoms with Gasteiger partial charge in [-0.05, 0) is 31.6 Å². The SMILES string of the molecule is CCCO[C@@H]1CCCN(C(=O)Nc2cnn(CC(C)C)c2)CC1. The summed E-state index contributed by atoms with van der Waals surface area (Å²) in [5.41, 5.74) is 0.763. The van der Waals surface area contributed by atoms with Gasteiger partial charge in [0.1, 0.15) is 0 Å². The summed E-state index contributed by atoms with van der Waals surface area (Å²) in [6, 6.07) is -0.0368. The lowest BCUT2D eigenvalue weighted by atomic mass is 10.2. The van der Waals surface area contributed by atoms with E-state index in [0.717, 1.165) is 57.6 Å². The van der Waals surface area contributed by atoms with Crippen LogP contribution >= 0.6 is 0 Å². The van der Waals surface area contributed by atoms with E-state index in [0.29, 0.717) is 12.0 Å². The predicted octanol–water partition coefficient (Wildman–Crippen LogP) is 3.35. The van der Waals surface area contributed by atoms with E-state index in [-0.39, 0.29) is 6.03 Å². The van der Waals surface area contributed by atoms with Crippen LogP contribution < -0.4 is 5.32 Å². The molecule has 0 spiro atoms. The number of anilines is 1. The highest BCUT2D eigenvalue weighted by atomic mass is 16.5. The monoisotopic (exact) mass is 322 g/mol. The van der Waals surface area contributed by atoms with Crippen LogP contribution in [0.5, 0.6) is 0 Å². The number of hydrogen-bond acceptors (Lipinski definition) is 3. The number of nitrogens with one attached hydrogen (secondary N) is 1. The fourth-order valence-corrected chi connectivity index (χ4v) is 2.82. The van der Waals surface area contributed by atoms with E-state index in [2.05, 4.69) is 31.2 Å². The molecule has 0 radical (unpaired) electrons. The molecule has 1 fully saturated rings. The zero-order valence-electron chi connectivity index (χ0n) is 14.6. The molecule has 1 aliphatic heterocycles. The van der Waals surface area contributed by atoms with Gasteiger partial charge in [-0.3, -0.25) is 4.68 Å². The van der Waals surface area contributed by atoms with Crippen LogP contribution in [0, 0.1) is 5.92 Å². The number of nitrogens with zero attached hydrogens (tertiary/aromatic N) is 3. The Morgan fingerprint density at radius 3 is 3.00 bits per heavy atom. The Kier molecular flexibility index (Phi) is 6.89. The van der Waals surface area contributed by atoms with Crippen molar-refractivity contribution < 1.29 is 9.53 Å². The lowest BCUT2D eigenvalue weighted by Gasteiger charge is -2.20. The first-order valence-electron chi connectivity index (χ1n) is 8.78. The van der Waals surface area contributed by atoms with Crippen LogP contribution in [-0.2, 0) is 11.3 Å². The molecule has 0 bridgehead atoms. The molecule has 23 heavy (non-hydrogen) atoms. The van der Waals surface area contributed by atoms with Crippen molar-refractivity contribution in [1.29, 1.82) is 0 Å². The summed E-state index contributed by atoms with van der Waals surface area (Å²) >= 11 is 0. The van der Waals surface area contributed by atoms with Gasteiger partial charge in [-0.25, -0.2) is 4.79 Å². The quantitative estimate of drug-likeness (QED) is 0.873. The highest BCUT2D eigenvalue weighted by Gasteiger charge is 2.21. The molecule has 0 aliphatic carbocycles. The molecule has 0 unspecified atom stereocenters. The second-order valence-electron chi connectivity index (χ2n) is 6.69. The highest BCUT2D eigenvalue weighted by molar-refractivity contribution is 5.89. The molecule has 0 saturated carbocycles. The largest absolute Gasteiger partial charge is 0.378 e. The van der Waals surface area contributed by atoms with Crippen LogP contribution in [-0.4, -0.2) is 46.5 Å². The molecule has 2 heterocycles. The summed E-state index contributed by atoms with van der Waals surface area (Å²) in [4.78, 5) is 14.3. The van der Waals surface area contributed by atoms with Crippen molar-refractivity contribution in [3.63, 3.8) is 0 Å². The Morgan fingerprint density at radius 1 is 1.43 bits per heavy atom. The summed E-state index contributed by atoms with van der Waals surface area (Å²) < 4.78 is 7.70. The normalized spacial score (nSPS) is 19.0. The Hall–Kier alpha value is -1.56. The van der Waals surface area contributed by atoms with Crippen molar-refractivity contribution in [3.05, 3.63) is 12.4 Å². The first-order valence-corrected chi connectivity index (χ1v) is 8.78. The third kappa shape index (κ3) is 5.86. The van der Waals surface area contributed by atoms with Crippen LogP contribution in [0.15, 0.2) is 12.4 Å². The molecule has 1 saturated heterocycles. The molecule has 6 nitrogen and oxygen atoms in total. The maximum atomic E-state index is 12.4. The van der Waals surface area contributed by atoms with Crippen molar-refractivity contribution in [3.8, 4) is 0 Å². The van der Waals surface area contributed by atoms with E-state index < -0.39 is 0 Å². The summed E-state index contributed by atoms with van der Waals surface area (Å²) in [6.45, 7) is 9.62. The third-order valence-corrected chi connectivity index (χ3v) is 3.96. The summed E-state index contributed by atoms with van der Waals surface area (Å²) in [7, 11) is 0. The minimum Gasteiger partial charge on any atom is -0.378 e. The van der Waals surface area contributed by atoms with Crippen LogP contribution in [0.25, 0.3) is 0 Å². The Morgan fingerprint density at radius 2 is 2.26 bits per heavy atom. The third-order valence-electron chi connectivity index (χ3n) is 3.96. The van der Waals surface area contributed by atoms with Crippen molar-refractivity contribution in [1.82, 2.24) is 14.7 Å². The van der Waals surface area contributed by atoms with E-state index in [1.54, 1.807) is 6.20 Å². The van der Waals surface area contributed by atoms with Crippen molar-refractivity contribution in [2.45, 2.75) is 59.1 Å². The molecule has 1 aliphatic rings. The van der Waals surface area contributed by atoms with Crippen molar-refractivity contribution in [2.75, 3.05) is 25.0 Å². The first-order chi connectivity index (χ1) is 11.1.